The summed E-state index contributed by atoms with van der Waals surface area (Å²) < 4.78 is 8.39. The number of hydrogen-bond donors (Lipinski definition) is 0. The van der Waals surface area contributed by atoms with Gasteiger partial charge in [-0.3, -0.25) is 9.36 Å². The number of aryl methyl sites for hydroxylation is 1. The summed E-state index contributed by atoms with van der Waals surface area (Å²) in [4.78, 5) is 27.4. The van der Waals surface area contributed by atoms with Gasteiger partial charge in [-0.15, -0.1) is 0 Å². The number of aromatic nitrogens is 3. The highest BCUT2D eigenvalue weighted by Gasteiger charge is 2.38. The predicted octanol–water partition coefficient (Wildman–Crippen LogP) is 1.82. The summed E-state index contributed by atoms with van der Waals surface area (Å²) in [5.74, 6) is 0.890. The third kappa shape index (κ3) is 3.90. The number of nitrogens with zero attached hydrogens (tertiary/aromatic N) is 5. The quantitative estimate of drug-likeness (QED) is 0.768. The molecule has 3 heterocycles. The van der Waals surface area contributed by atoms with E-state index >= 15 is 0 Å². The van der Waals surface area contributed by atoms with E-state index in [1.54, 1.807) is 31.4 Å². The topological polar surface area (TPSA) is 93.2 Å². The zero-order chi connectivity index (χ0) is 21.1. The van der Waals surface area contributed by atoms with Crippen molar-refractivity contribution >= 4 is 5.91 Å². The van der Waals surface area contributed by atoms with E-state index < -0.39 is 0 Å². The SMILES string of the molecule is COCCn1nc2n(c1=O)CCC1(CC2)CCN(C(=O)c2ccc(C#N)cc2)CC1. The number of nitriles is 1. The Morgan fingerprint density at radius 3 is 2.53 bits per heavy atom. The number of methoxy groups -OCH3 is 1. The van der Waals surface area contributed by atoms with Crippen LogP contribution in [-0.2, 0) is 24.2 Å². The molecule has 1 aromatic carbocycles. The maximum atomic E-state index is 12.8. The van der Waals surface area contributed by atoms with Gasteiger partial charge in [0.05, 0.1) is 24.8 Å². The maximum absolute atomic E-state index is 12.8. The highest BCUT2D eigenvalue weighted by molar-refractivity contribution is 5.94. The Bertz CT molecular complexity index is 1010. The molecule has 1 saturated heterocycles. The zero-order valence-corrected chi connectivity index (χ0v) is 17.3. The molecule has 2 aliphatic heterocycles. The van der Waals surface area contributed by atoms with Crippen LogP contribution in [0.5, 0.6) is 0 Å². The number of amides is 1. The molecule has 0 N–H and O–H groups in total. The van der Waals surface area contributed by atoms with Gasteiger partial charge in [-0.1, -0.05) is 0 Å². The monoisotopic (exact) mass is 409 g/mol. The number of rotatable bonds is 4. The van der Waals surface area contributed by atoms with Crippen molar-refractivity contribution in [2.75, 3.05) is 26.8 Å². The first-order valence-corrected chi connectivity index (χ1v) is 10.5. The van der Waals surface area contributed by atoms with Gasteiger partial charge in [0.15, 0.2) is 0 Å². The lowest BCUT2D eigenvalue weighted by Crippen LogP contribution is -2.43. The van der Waals surface area contributed by atoms with Crippen LogP contribution in [0.15, 0.2) is 29.1 Å². The van der Waals surface area contributed by atoms with Gasteiger partial charge < -0.3 is 9.64 Å². The van der Waals surface area contributed by atoms with E-state index in [2.05, 4.69) is 11.2 Å². The van der Waals surface area contributed by atoms with Crippen LogP contribution < -0.4 is 5.69 Å². The van der Waals surface area contributed by atoms with Gasteiger partial charge in [-0.05, 0) is 55.4 Å². The first kappa shape index (κ1) is 20.4. The van der Waals surface area contributed by atoms with Crippen molar-refractivity contribution < 1.29 is 9.53 Å². The molecule has 4 rings (SSSR count). The van der Waals surface area contributed by atoms with Crippen LogP contribution in [0.4, 0.5) is 0 Å². The maximum Gasteiger partial charge on any atom is 0.345 e. The normalized spacial score (nSPS) is 17.9. The molecule has 0 aliphatic carbocycles. The lowest BCUT2D eigenvalue weighted by atomic mass is 9.72. The van der Waals surface area contributed by atoms with Gasteiger partial charge in [-0.2, -0.15) is 10.4 Å². The lowest BCUT2D eigenvalue weighted by molar-refractivity contribution is 0.0535. The minimum atomic E-state index is -0.0486. The number of ether oxygens (including phenoxy) is 1. The van der Waals surface area contributed by atoms with Gasteiger partial charge in [0.2, 0.25) is 0 Å². The van der Waals surface area contributed by atoms with E-state index in [0.29, 0.717) is 30.8 Å². The van der Waals surface area contributed by atoms with Crippen molar-refractivity contribution in [1.29, 1.82) is 5.26 Å². The van der Waals surface area contributed by atoms with Crippen molar-refractivity contribution in [2.45, 2.75) is 45.2 Å². The molecule has 8 heteroatoms. The summed E-state index contributed by atoms with van der Waals surface area (Å²) in [5.41, 5.74) is 1.29. The van der Waals surface area contributed by atoms with Crippen LogP contribution in [-0.4, -0.2) is 52.0 Å². The van der Waals surface area contributed by atoms with Crippen LogP contribution >= 0.6 is 0 Å². The second-order valence-electron chi connectivity index (χ2n) is 8.30. The molecule has 1 fully saturated rings. The Labute approximate surface area is 175 Å². The van der Waals surface area contributed by atoms with Crippen molar-refractivity contribution in [3.63, 3.8) is 0 Å². The van der Waals surface area contributed by atoms with E-state index in [1.165, 1.54) is 4.68 Å². The van der Waals surface area contributed by atoms with Crippen LogP contribution in [0.3, 0.4) is 0 Å². The Kier molecular flexibility index (Phi) is 5.73. The molecule has 0 radical (unpaired) electrons. The standard InChI is InChI=1S/C22H27N5O3/c1-30-15-14-27-21(29)26-13-10-22(7-6-19(26)24-27)8-11-25(12-9-22)20(28)18-4-2-17(16-23)3-5-18/h2-5H,6-15H2,1H3. The molecular weight excluding hydrogens is 382 g/mol. The molecule has 30 heavy (non-hydrogen) atoms. The minimum absolute atomic E-state index is 0.0249. The smallest absolute Gasteiger partial charge is 0.345 e. The van der Waals surface area contributed by atoms with Gasteiger partial charge in [-0.25, -0.2) is 9.48 Å². The summed E-state index contributed by atoms with van der Waals surface area (Å²) in [6, 6.07) is 8.90. The molecular formula is C22H27N5O3. The third-order valence-electron chi connectivity index (χ3n) is 6.62. The van der Waals surface area contributed by atoms with Crippen molar-refractivity contribution in [3.8, 4) is 6.07 Å². The number of benzene rings is 1. The second kappa shape index (κ2) is 8.44. The van der Waals surface area contributed by atoms with Crippen molar-refractivity contribution in [1.82, 2.24) is 19.2 Å². The summed E-state index contributed by atoms with van der Waals surface area (Å²) >= 11 is 0. The number of carbonyl (C=O) groups excluding carboxylic acids is 1. The van der Waals surface area contributed by atoms with E-state index in [-0.39, 0.29) is 17.0 Å². The largest absolute Gasteiger partial charge is 0.383 e. The van der Waals surface area contributed by atoms with Crippen molar-refractivity contribution in [3.05, 3.63) is 51.7 Å². The summed E-state index contributed by atoms with van der Waals surface area (Å²) in [5, 5.41) is 13.4. The average Bonchev–Trinajstić information content (AvgIpc) is 2.98. The molecule has 1 spiro atoms. The number of hydrogen-bond acceptors (Lipinski definition) is 5. The number of likely N-dealkylation sites (tertiary alicyclic amines) is 1. The van der Waals surface area contributed by atoms with Crippen LogP contribution in [0.25, 0.3) is 0 Å². The molecule has 158 valence electrons. The average molecular weight is 409 g/mol. The molecule has 0 unspecified atom stereocenters. The predicted molar refractivity (Wildman–Crippen MR) is 110 cm³/mol. The molecule has 1 amide bonds. The van der Waals surface area contributed by atoms with Gasteiger partial charge in [0.1, 0.15) is 5.82 Å². The van der Waals surface area contributed by atoms with Gasteiger partial charge in [0, 0.05) is 38.7 Å². The molecule has 0 bridgehead atoms. The Morgan fingerprint density at radius 2 is 1.87 bits per heavy atom. The minimum Gasteiger partial charge on any atom is -0.383 e. The second-order valence-corrected chi connectivity index (χ2v) is 8.30. The van der Waals surface area contributed by atoms with E-state index in [0.717, 1.165) is 51.0 Å². The fourth-order valence-electron chi connectivity index (χ4n) is 4.62. The van der Waals surface area contributed by atoms with Crippen molar-refractivity contribution in [2.24, 2.45) is 5.41 Å². The molecule has 0 saturated carbocycles. The van der Waals surface area contributed by atoms with Gasteiger partial charge in [0.25, 0.3) is 5.91 Å². The fourth-order valence-corrected chi connectivity index (χ4v) is 4.62. The van der Waals surface area contributed by atoms with Crippen LogP contribution in [0.2, 0.25) is 0 Å². The van der Waals surface area contributed by atoms with E-state index in [4.69, 9.17) is 10.00 Å². The summed E-state index contributed by atoms with van der Waals surface area (Å²) in [6.07, 6.45) is 4.61. The Hall–Kier alpha value is -2.92. The van der Waals surface area contributed by atoms with Gasteiger partial charge >= 0.3 is 5.69 Å². The molecule has 1 aromatic heterocycles. The first-order chi connectivity index (χ1) is 14.5. The Morgan fingerprint density at radius 1 is 1.17 bits per heavy atom. The lowest BCUT2D eigenvalue weighted by Gasteiger charge is -2.41. The number of carbonyl (C=O) groups is 1. The molecule has 2 aromatic rings. The third-order valence-corrected chi connectivity index (χ3v) is 6.62. The summed E-state index contributed by atoms with van der Waals surface area (Å²) in [7, 11) is 1.62. The van der Waals surface area contributed by atoms with Crippen LogP contribution in [0.1, 0.15) is 47.4 Å². The van der Waals surface area contributed by atoms with E-state index in [1.807, 2.05) is 9.47 Å². The fraction of sp³-hybridized carbons (Fsp3) is 0.545. The molecule has 2 aliphatic rings. The highest BCUT2D eigenvalue weighted by Crippen LogP contribution is 2.41. The number of fused-ring (bicyclic) bond motifs is 1. The molecule has 8 nitrogen and oxygen atoms in total. The van der Waals surface area contributed by atoms with Crippen LogP contribution in [0, 0.1) is 16.7 Å². The van der Waals surface area contributed by atoms with E-state index in [9.17, 15) is 9.59 Å². The number of piperidine rings is 1. The highest BCUT2D eigenvalue weighted by atomic mass is 16.5. The zero-order valence-electron chi connectivity index (χ0n) is 17.3. The first-order valence-electron chi connectivity index (χ1n) is 10.5. The molecule has 0 atom stereocenters. The Balaban J connectivity index is 1.39. The summed E-state index contributed by atoms with van der Waals surface area (Å²) in [6.45, 7) is 3.08.